The molecule has 0 fully saturated rings. The van der Waals surface area contributed by atoms with Crippen molar-refractivity contribution in [2.45, 2.75) is 25.4 Å². The standard InChI is InChI=1S/C16H19ClF3N5/c17-11-5-4-6-12(9-11)24-15-23-10-13(16(18,19)20)14(25-15)22-8-3-1-2-7-21/h4-6,9-10H,1-3,7-8,21H2,(H2,22,23,24,25). The number of nitrogens with zero attached hydrogens (tertiary/aromatic N) is 2. The summed E-state index contributed by atoms with van der Waals surface area (Å²) in [6.07, 6.45) is -1.39. The highest BCUT2D eigenvalue weighted by molar-refractivity contribution is 6.30. The fourth-order valence-corrected chi connectivity index (χ4v) is 2.32. The van der Waals surface area contributed by atoms with Crippen LogP contribution in [0.25, 0.3) is 0 Å². The fourth-order valence-electron chi connectivity index (χ4n) is 2.13. The van der Waals surface area contributed by atoms with E-state index >= 15 is 0 Å². The molecular weight excluding hydrogens is 355 g/mol. The lowest BCUT2D eigenvalue weighted by Gasteiger charge is -2.15. The Labute approximate surface area is 148 Å². The van der Waals surface area contributed by atoms with Gasteiger partial charge in [0.25, 0.3) is 0 Å². The summed E-state index contributed by atoms with van der Waals surface area (Å²) < 4.78 is 39.3. The first-order valence-corrected chi connectivity index (χ1v) is 8.18. The van der Waals surface area contributed by atoms with E-state index in [1.54, 1.807) is 24.3 Å². The first-order chi connectivity index (χ1) is 11.9. The van der Waals surface area contributed by atoms with Gasteiger partial charge in [-0.15, -0.1) is 0 Å². The summed E-state index contributed by atoms with van der Waals surface area (Å²) in [6.45, 7) is 0.936. The second-order valence-corrected chi connectivity index (χ2v) is 5.80. The fraction of sp³-hybridized carbons (Fsp3) is 0.375. The van der Waals surface area contributed by atoms with Crippen LogP contribution in [0.5, 0.6) is 0 Å². The van der Waals surface area contributed by atoms with Gasteiger partial charge in [0.2, 0.25) is 5.95 Å². The van der Waals surface area contributed by atoms with Gasteiger partial charge >= 0.3 is 6.18 Å². The molecule has 0 unspecified atom stereocenters. The number of anilines is 3. The van der Waals surface area contributed by atoms with Gasteiger partial charge in [-0.05, 0) is 37.6 Å². The zero-order valence-electron chi connectivity index (χ0n) is 13.4. The topological polar surface area (TPSA) is 75.9 Å². The van der Waals surface area contributed by atoms with Crippen LogP contribution < -0.4 is 16.4 Å². The molecule has 0 aliphatic carbocycles. The maximum Gasteiger partial charge on any atom is 0.421 e. The van der Waals surface area contributed by atoms with E-state index in [1.165, 1.54) is 0 Å². The van der Waals surface area contributed by atoms with E-state index in [2.05, 4.69) is 20.6 Å². The Kier molecular flexibility index (Phi) is 6.83. The summed E-state index contributed by atoms with van der Waals surface area (Å²) in [7, 11) is 0. The van der Waals surface area contributed by atoms with Gasteiger partial charge in [-0.1, -0.05) is 24.1 Å². The van der Waals surface area contributed by atoms with Crippen molar-refractivity contribution in [2.75, 3.05) is 23.7 Å². The number of nitrogens with two attached hydrogens (primary N) is 1. The van der Waals surface area contributed by atoms with Crippen molar-refractivity contribution in [1.29, 1.82) is 0 Å². The molecule has 1 aromatic carbocycles. The van der Waals surface area contributed by atoms with Gasteiger partial charge in [-0.3, -0.25) is 0 Å². The van der Waals surface area contributed by atoms with Crippen LogP contribution in [-0.2, 0) is 6.18 Å². The van der Waals surface area contributed by atoms with Crippen LogP contribution in [0.15, 0.2) is 30.5 Å². The van der Waals surface area contributed by atoms with Crippen molar-refractivity contribution < 1.29 is 13.2 Å². The molecule has 2 aromatic rings. The molecule has 136 valence electrons. The van der Waals surface area contributed by atoms with Crippen LogP contribution in [0.2, 0.25) is 5.02 Å². The van der Waals surface area contributed by atoms with E-state index < -0.39 is 11.7 Å². The number of rotatable bonds is 8. The number of unbranched alkanes of at least 4 members (excludes halogenated alkanes) is 2. The normalized spacial score (nSPS) is 11.4. The van der Waals surface area contributed by atoms with Crippen LogP contribution in [-0.4, -0.2) is 23.1 Å². The van der Waals surface area contributed by atoms with Crippen LogP contribution in [0, 0.1) is 0 Å². The summed E-state index contributed by atoms with van der Waals surface area (Å²) in [5, 5.41) is 6.08. The molecule has 0 saturated heterocycles. The van der Waals surface area contributed by atoms with E-state index in [9.17, 15) is 13.2 Å². The van der Waals surface area contributed by atoms with Crippen LogP contribution in [0.3, 0.4) is 0 Å². The molecule has 25 heavy (non-hydrogen) atoms. The molecule has 1 heterocycles. The summed E-state index contributed by atoms with van der Waals surface area (Å²) in [4.78, 5) is 7.71. The minimum Gasteiger partial charge on any atom is -0.369 e. The summed E-state index contributed by atoms with van der Waals surface area (Å²) in [5.41, 5.74) is 5.08. The smallest absolute Gasteiger partial charge is 0.369 e. The summed E-state index contributed by atoms with van der Waals surface area (Å²) in [5.74, 6) is -0.195. The highest BCUT2D eigenvalue weighted by Crippen LogP contribution is 2.34. The third kappa shape index (κ3) is 6.06. The van der Waals surface area contributed by atoms with Gasteiger partial charge in [0.05, 0.1) is 0 Å². The molecular formula is C16H19ClF3N5. The van der Waals surface area contributed by atoms with E-state index in [-0.39, 0.29) is 11.8 Å². The lowest BCUT2D eigenvalue weighted by atomic mass is 10.2. The van der Waals surface area contributed by atoms with Crippen LogP contribution >= 0.6 is 11.6 Å². The predicted octanol–water partition coefficient (Wildman–Crippen LogP) is 4.43. The van der Waals surface area contributed by atoms with Crippen molar-refractivity contribution >= 4 is 29.1 Å². The maximum atomic E-state index is 13.1. The van der Waals surface area contributed by atoms with Crippen LogP contribution in [0.4, 0.5) is 30.6 Å². The molecule has 0 bridgehead atoms. The molecule has 2 rings (SSSR count). The van der Waals surface area contributed by atoms with Crippen molar-refractivity contribution in [3.63, 3.8) is 0 Å². The molecule has 5 nitrogen and oxygen atoms in total. The highest BCUT2D eigenvalue weighted by atomic mass is 35.5. The Morgan fingerprint density at radius 2 is 1.96 bits per heavy atom. The molecule has 0 radical (unpaired) electrons. The third-order valence-electron chi connectivity index (χ3n) is 3.35. The van der Waals surface area contributed by atoms with Gasteiger partial charge in [0.1, 0.15) is 11.4 Å². The summed E-state index contributed by atoms with van der Waals surface area (Å²) >= 11 is 5.89. The number of aromatic nitrogens is 2. The Morgan fingerprint density at radius 3 is 2.64 bits per heavy atom. The number of hydrogen-bond acceptors (Lipinski definition) is 5. The molecule has 0 saturated carbocycles. The van der Waals surface area contributed by atoms with E-state index in [0.717, 1.165) is 19.0 Å². The quantitative estimate of drug-likeness (QED) is 0.597. The van der Waals surface area contributed by atoms with E-state index in [1.807, 2.05) is 0 Å². The van der Waals surface area contributed by atoms with Crippen molar-refractivity contribution in [2.24, 2.45) is 5.73 Å². The minimum absolute atomic E-state index is 0.0553. The van der Waals surface area contributed by atoms with Gasteiger partial charge < -0.3 is 16.4 Å². The molecule has 1 aromatic heterocycles. The molecule has 0 aliphatic rings. The Bertz CT molecular complexity index is 694. The average Bonchev–Trinajstić information content (AvgIpc) is 2.54. The van der Waals surface area contributed by atoms with Gasteiger partial charge in [0.15, 0.2) is 0 Å². The van der Waals surface area contributed by atoms with E-state index in [4.69, 9.17) is 17.3 Å². The number of alkyl halides is 3. The first-order valence-electron chi connectivity index (χ1n) is 7.81. The largest absolute Gasteiger partial charge is 0.421 e. The van der Waals surface area contributed by atoms with Gasteiger partial charge in [-0.25, -0.2) is 4.98 Å². The zero-order chi connectivity index (χ0) is 18.3. The SMILES string of the molecule is NCCCCCNc1nc(Nc2cccc(Cl)c2)ncc1C(F)(F)F. The average molecular weight is 374 g/mol. The zero-order valence-corrected chi connectivity index (χ0v) is 14.2. The number of hydrogen-bond donors (Lipinski definition) is 3. The Morgan fingerprint density at radius 1 is 1.16 bits per heavy atom. The molecule has 4 N–H and O–H groups in total. The second kappa shape index (κ2) is 8.87. The monoisotopic (exact) mass is 373 g/mol. The lowest BCUT2D eigenvalue weighted by Crippen LogP contribution is -2.15. The molecule has 0 amide bonds. The van der Waals surface area contributed by atoms with E-state index in [0.29, 0.717) is 30.2 Å². The minimum atomic E-state index is -4.53. The molecule has 9 heteroatoms. The molecule has 0 atom stereocenters. The van der Waals surface area contributed by atoms with Crippen molar-refractivity contribution in [1.82, 2.24) is 9.97 Å². The predicted molar refractivity (Wildman–Crippen MR) is 93.2 cm³/mol. The maximum absolute atomic E-state index is 13.1. The van der Waals surface area contributed by atoms with Gasteiger partial charge in [-0.2, -0.15) is 18.2 Å². The number of benzene rings is 1. The highest BCUT2D eigenvalue weighted by Gasteiger charge is 2.35. The van der Waals surface area contributed by atoms with Crippen molar-refractivity contribution in [3.05, 3.63) is 41.0 Å². The van der Waals surface area contributed by atoms with Crippen LogP contribution in [0.1, 0.15) is 24.8 Å². The molecule has 0 spiro atoms. The first kappa shape index (κ1) is 19.3. The lowest BCUT2D eigenvalue weighted by molar-refractivity contribution is -0.137. The Hall–Kier alpha value is -2.06. The second-order valence-electron chi connectivity index (χ2n) is 5.37. The van der Waals surface area contributed by atoms with Gasteiger partial charge in [0, 0.05) is 23.5 Å². The third-order valence-corrected chi connectivity index (χ3v) is 3.58. The molecule has 0 aliphatic heterocycles. The summed E-state index contributed by atoms with van der Waals surface area (Å²) in [6, 6.07) is 6.75. The number of halogens is 4. The number of nitrogens with one attached hydrogen (secondary N) is 2. The van der Waals surface area contributed by atoms with Crippen molar-refractivity contribution in [3.8, 4) is 0 Å². The Balaban J connectivity index is 2.15.